The van der Waals surface area contributed by atoms with Gasteiger partial charge in [-0.05, 0) is 18.0 Å². The molecule has 0 saturated heterocycles. The Labute approximate surface area is 80.7 Å². The predicted octanol–water partition coefficient (Wildman–Crippen LogP) is 1.68. The van der Waals surface area contributed by atoms with Gasteiger partial charge in [0, 0.05) is 11.9 Å². The van der Waals surface area contributed by atoms with Crippen LogP contribution in [0.1, 0.15) is 15.9 Å². The van der Waals surface area contributed by atoms with Crippen LogP contribution in [-0.4, -0.2) is 24.7 Å². The maximum atomic E-state index is 10.7. The molecule has 0 spiro atoms. The normalized spacial score (nSPS) is 10.8. The van der Waals surface area contributed by atoms with Crippen molar-refractivity contribution >= 4 is 23.4 Å². The van der Waals surface area contributed by atoms with Crippen molar-refractivity contribution in [1.29, 1.82) is 0 Å². The molecule has 0 aromatic carbocycles. The van der Waals surface area contributed by atoms with Crippen molar-refractivity contribution < 1.29 is 9.90 Å². The van der Waals surface area contributed by atoms with E-state index in [2.05, 4.69) is 5.32 Å². The number of thiophene rings is 1. The van der Waals surface area contributed by atoms with Crippen LogP contribution in [0.25, 0.3) is 6.08 Å². The Balaban J connectivity index is 2.76. The zero-order chi connectivity index (χ0) is 9.68. The first-order valence-corrected chi connectivity index (χ1v) is 4.80. The lowest BCUT2D eigenvalue weighted by Crippen LogP contribution is -2.03. The van der Waals surface area contributed by atoms with Gasteiger partial charge in [0.25, 0.3) is 0 Å². The number of hydrogen-bond donors (Lipinski definition) is 2. The first-order valence-electron chi connectivity index (χ1n) is 3.86. The van der Waals surface area contributed by atoms with E-state index in [0.717, 1.165) is 12.1 Å². The average molecular weight is 197 g/mol. The molecule has 1 aromatic rings. The van der Waals surface area contributed by atoms with E-state index in [4.69, 9.17) is 5.11 Å². The van der Waals surface area contributed by atoms with Gasteiger partial charge in [-0.15, -0.1) is 0 Å². The van der Waals surface area contributed by atoms with Gasteiger partial charge >= 0.3 is 5.97 Å². The van der Waals surface area contributed by atoms with Crippen LogP contribution >= 0.6 is 11.3 Å². The monoisotopic (exact) mass is 197 g/mol. The van der Waals surface area contributed by atoms with Gasteiger partial charge in [-0.25, -0.2) is 4.79 Å². The third-order valence-corrected chi connectivity index (χ3v) is 2.30. The molecule has 0 unspecified atom stereocenters. The van der Waals surface area contributed by atoms with E-state index < -0.39 is 5.97 Å². The van der Waals surface area contributed by atoms with Crippen molar-refractivity contribution in [2.45, 2.75) is 0 Å². The van der Waals surface area contributed by atoms with Gasteiger partial charge in [-0.1, -0.05) is 12.2 Å². The second-order valence-electron chi connectivity index (χ2n) is 2.51. The van der Waals surface area contributed by atoms with Crippen LogP contribution in [0.15, 0.2) is 16.8 Å². The van der Waals surface area contributed by atoms with Crippen LogP contribution in [0.3, 0.4) is 0 Å². The molecule has 0 fully saturated rings. The molecule has 3 nitrogen and oxygen atoms in total. The largest absolute Gasteiger partial charge is 0.478 e. The van der Waals surface area contributed by atoms with Gasteiger partial charge in [0.1, 0.15) is 0 Å². The van der Waals surface area contributed by atoms with Crippen molar-refractivity contribution in [2.75, 3.05) is 13.6 Å². The molecular weight excluding hydrogens is 186 g/mol. The average Bonchev–Trinajstić information content (AvgIpc) is 2.53. The molecule has 1 heterocycles. The van der Waals surface area contributed by atoms with Crippen LogP contribution < -0.4 is 5.32 Å². The Morgan fingerprint density at radius 1 is 1.69 bits per heavy atom. The summed E-state index contributed by atoms with van der Waals surface area (Å²) in [6.45, 7) is 0.745. The fourth-order valence-electron chi connectivity index (χ4n) is 0.914. The number of likely N-dealkylation sites (N-methyl/N-ethyl adjacent to an activating group) is 1. The molecule has 4 heteroatoms. The predicted molar refractivity (Wildman–Crippen MR) is 54.2 cm³/mol. The van der Waals surface area contributed by atoms with E-state index in [0.29, 0.717) is 5.56 Å². The summed E-state index contributed by atoms with van der Waals surface area (Å²) in [5.41, 5.74) is 1.14. The van der Waals surface area contributed by atoms with Crippen LogP contribution in [0.2, 0.25) is 0 Å². The Bertz CT molecular complexity index is 317. The molecule has 0 bridgehead atoms. The lowest BCUT2D eigenvalue weighted by molar-refractivity contribution is 0.0697. The van der Waals surface area contributed by atoms with Gasteiger partial charge in [0.05, 0.1) is 5.56 Å². The number of rotatable bonds is 4. The number of nitrogens with one attached hydrogen (secondary N) is 1. The fourth-order valence-corrected chi connectivity index (χ4v) is 1.71. The molecular formula is C9H11NO2S. The van der Waals surface area contributed by atoms with Crippen molar-refractivity contribution in [3.05, 3.63) is 28.0 Å². The summed E-state index contributed by atoms with van der Waals surface area (Å²) in [5, 5.41) is 15.2. The summed E-state index contributed by atoms with van der Waals surface area (Å²) in [5.74, 6) is -0.870. The number of carbonyl (C=O) groups is 1. The molecule has 1 aromatic heterocycles. The smallest absolute Gasteiger partial charge is 0.337 e. The van der Waals surface area contributed by atoms with Gasteiger partial charge in [-0.3, -0.25) is 0 Å². The van der Waals surface area contributed by atoms with Gasteiger partial charge in [0.2, 0.25) is 0 Å². The van der Waals surface area contributed by atoms with E-state index in [1.165, 1.54) is 11.3 Å². The maximum absolute atomic E-state index is 10.7. The summed E-state index contributed by atoms with van der Waals surface area (Å²) in [4.78, 5) is 10.7. The third kappa shape index (κ3) is 2.68. The highest BCUT2D eigenvalue weighted by atomic mass is 32.1. The van der Waals surface area contributed by atoms with Crippen molar-refractivity contribution in [3.63, 3.8) is 0 Å². The van der Waals surface area contributed by atoms with Crippen LogP contribution in [0, 0.1) is 0 Å². The Morgan fingerprint density at radius 2 is 2.46 bits per heavy atom. The zero-order valence-electron chi connectivity index (χ0n) is 7.28. The summed E-state index contributed by atoms with van der Waals surface area (Å²) in [7, 11) is 1.84. The van der Waals surface area contributed by atoms with Gasteiger partial charge in [0.15, 0.2) is 0 Å². The summed E-state index contributed by atoms with van der Waals surface area (Å²) in [6.07, 6.45) is 3.71. The number of hydrogen-bond acceptors (Lipinski definition) is 3. The second kappa shape index (κ2) is 4.79. The molecule has 0 saturated carbocycles. The molecule has 1 rings (SSSR count). The number of carboxylic acid groups (broad SMARTS) is 1. The molecule has 0 aliphatic rings. The van der Waals surface area contributed by atoms with Crippen LogP contribution in [-0.2, 0) is 0 Å². The molecule has 0 radical (unpaired) electrons. The topological polar surface area (TPSA) is 49.3 Å². The molecule has 0 aliphatic heterocycles. The molecule has 0 aliphatic carbocycles. The minimum atomic E-state index is -0.870. The van der Waals surface area contributed by atoms with Crippen LogP contribution in [0.4, 0.5) is 0 Å². The lowest BCUT2D eigenvalue weighted by Gasteiger charge is -1.92. The lowest BCUT2D eigenvalue weighted by atomic mass is 10.2. The van der Waals surface area contributed by atoms with E-state index in [-0.39, 0.29) is 0 Å². The van der Waals surface area contributed by atoms with E-state index in [9.17, 15) is 4.79 Å². The van der Waals surface area contributed by atoms with E-state index in [1.807, 2.05) is 24.6 Å². The summed E-state index contributed by atoms with van der Waals surface area (Å²) in [6, 6.07) is 0. The first kappa shape index (κ1) is 9.95. The molecule has 2 N–H and O–H groups in total. The Morgan fingerprint density at radius 3 is 3.08 bits per heavy atom. The SMILES string of the molecule is CNCC=Cc1cscc1C(=O)O. The molecule has 13 heavy (non-hydrogen) atoms. The molecule has 70 valence electrons. The van der Waals surface area contributed by atoms with E-state index in [1.54, 1.807) is 5.38 Å². The highest BCUT2D eigenvalue weighted by molar-refractivity contribution is 7.08. The van der Waals surface area contributed by atoms with E-state index >= 15 is 0 Å². The van der Waals surface area contributed by atoms with Crippen molar-refractivity contribution in [3.8, 4) is 0 Å². The number of carboxylic acids is 1. The quantitative estimate of drug-likeness (QED) is 0.772. The summed E-state index contributed by atoms with van der Waals surface area (Å²) < 4.78 is 0. The Hall–Kier alpha value is -1.13. The highest BCUT2D eigenvalue weighted by Crippen LogP contribution is 2.16. The van der Waals surface area contributed by atoms with Gasteiger partial charge < -0.3 is 10.4 Å². The highest BCUT2D eigenvalue weighted by Gasteiger charge is 2.07. The minimum Gasteiger partial charge on any atom is -0.478 e. The second-order valence-corrected chi connectivity index (χ2v) is 3.25. The maximum Gasteiger partial charge on any atom is 0.337 e. The van der Waals surface area contributed by atoms with Crippen LogP contribution in [0.5, 0.6) is 0 Å². The third-order valence-electron chi connectivity index (χ3n) is 1.54. The zero-order valence-corrected chi connectivity index (χ0v) is 8.10. The molecule has 0 amide bonds. The van der Waals surface area contributed by atoms with Gasteiger partial charge in [-0.2, -0.15) is 11.3 Å². The van der Waals surface area contributed by atoms with Crippen molar-refractivity contribution in [1.82, 2.24) is 5.32 Å². The molecule has 0 atom stereocenters. The minimum absolute atomic E-state index is 0.373. The fraction of sp³-hybridized carbons (Fsp3) is 0.222. The Kier molecular flexibility index (Phi) is 3.67. The standard InChI is InChI=1S/C9H11NO2S/c1-10-4-2-3-7-5-13-6-8(7)9(11)12/h2-3,5-6,10H,4H2,1H3,(H,11,12). The number of aromatic carboxylic acids is 1. The first-order chi connectivity index (χ1) is 6.25. The summed E-state index contributed by atoms with van der Waals surface area (Å²) >= 11 is 1.40. The van der Waals surface area contributed by atoms with Crippen molar-refractivity contribution in [2.24, 2.45) is 0 Å².